The van der Waals surface area contributed by atoms with E-state index in [1.165, 1.54) is 31.2 Å². The van der Waals surface area contributed by atoms with E-state index in [9.17, 15) is 0 Å². The number of nitrogens with two attached hydrogens (primary N) is 1. The number of aryl methyl sites for hydroxylation is 1. The SMILES string of the molecule is Cc1cc(CN)nc2c(C3CCCC3)cnn12. The van der Waals surface area contributed by atoms with E-state index in [4.69, 9.17) is 5.73 Å². The molecular formula is C13H18N4. The third-order valence-electron chi connectivity index (χ3n) is 3.73. The van der Waals surface area contributed by atoms with Crippen molar-refractivity contribution in [2.45, 2.75) is 45.1 Å². The van der Waals surface area contributed by atoms with E-state index >= 15 is 0 Å². The topological polar surface area (TPSA) is 56.2 Å². The van der Waals surface area contributed by atoms with Gasteiger partial charge in [0, 0.05) is 17.8 Å². The maximum Gasteiger partial charge on any atom is 0.158 e. The third-order valence-corrected chi connectivity index (χ3v) is 3.73. The van der Waals surface area contributed by atoms with Crippen LogP contribution in [-0.2, 0) is 6.54 Å². The van der Waals surface area contributed by atoms with Crippen molar-refractivity contribution in [2.24, 2.45) is 5.73 Å². The summed E-state index contributed by atoms with van der Waals surface area (Å²) in [6, 6.07) is 2.01. The van der Waals surface area contributed by atoms with E-state index in [1.54, 1.807) is 0 Å². The summed E-state index contributed by atoms with van der Waals surface area (Å²) in [6.07, 6.45) is 7.20. The van der Waals surface area contributed by atoms with Gasteiger partial charge in [-0.05, 0) is 31.7 Å². The minimum absolute atomic E-state index is 0.493. The van der Waals surface area contributed by atoms with Crippen molar-refractivity contribution in [3.05, 3.63) is 29.2 Å². The lowest BCUT2D eigenvalue weighted by Gasteiger charge is -2.08. The number of fused-ring (bicyclic) bond motifs is 1. The largest absolute Gasteiger partial charge is 0.325 e. The Labute approximate surface area is 101 Å². The van der Waals surface area contributed by atoms with Gasteiger partial charge in [0.1, 0.15) is 0 Å². The van der Waals surface area contributed by atoms with E-state index < -0.39 is 0 Å². The number of hydrogen-bond donors (Lipinski definition) is 1. The van der Waals surface area contributed by atoms with Crippen LogP contribution in [0.25, 0.3) is 5.65 Å². The molecule has 4 heteroatoms. The van der Waals surface area contributed by atoms with Crippen molar-refractivity contribution in [3.8, 4) is 0 Å². The number of rotatable bonds is 2. The second-order valence-electron chi connectivity index (χ2n) is 4.91. The van der Waals surface area contributed by atoms with Crippen LogP contribution in [-0.4, -0.2) is 14.6 Å². The molecule has 3 rings (SSSR count). The van der Waals surface area contributed by atoms with Gasteiger partial charge in [-0.15, -0.1) is 0 Å². The first kappa shape index (κ1) is 10.7. The highest BCUT2D eigenvalue weighted by atomic mass is 15.3. The zero-order chi connectivity index (χ0) is 11.8. The Hall–Kier alpha value is -1.42. The average Bonchev–Trinajstić information content (AvgIpc) is 2.96. The molecule has 0 unspecified atom stereocenters. The van der Waals surface area contributed by atoms with Crippen LogP contribution >= 0.6 is 0 Å². The van der Waals surface area contributed by atoms with Gasteiger partial charge >= 0.3 is 0 Å². The lowest BCUT2D eigenvalue weighted by molar-refractivity contribution is 0.726. The molecule has 2 heterocycles. The summed E-state index contributed by atoms with van der Waals surface area (Å²) in [4.78, 5) is 4.63. The van der Waals surface area contributed by atoms with Crippen LogP contribution in [0.4, 0.5) is 0 Å². The second-order valence-corrected chi connectivity index (χ2v) is 4.91. The molecule has 0 amide bonds. The molecule has 0 spiro atoms. The smallest absolute Gasteiger partial charge is 0.158 e. The monoisotopic (exact) mass is 230 g/mol. The van der Waals surface area contributed by atoms with Crippen LogP contribution in [0.5, 0.6) is 0 Å². The van der Waals surface area contributed by atoms with Gasteiger partial charge < -0.3 is 5.73 Å². The summed E-state index contributed by atoms with van der Waals surface area (Å²) in [5.41, 5.74) is 10.1. The number of nitrogens with zero attached hydrogens (tertiary/aromatic N) is 3. The Morgan fingerprint density at radius 2 is 2.18 bits per heavy atom. The Kier molecular flexibility index (Phi) is 2.59. The van der Waals surface area contributed by atoms with Gasteiger partial charge in [0.25, 0.3) is 0 Å². The maximum absolute atomic E-state index is 5.69. The van der Waals surface area contributed by atoms with Crippen LogP contribution < -0.4 is 5.73 Å². The van der Waals surface area contributed by atoms with Crippen molar-refractivity contribution in [1.29, 1.82) is 0 Å². The normalized spacial score (nSPS) is 17.1. The summed E-state index contributed by atoms with van der Waals surface area (Å²) in [6.45, 7) is 2.55. The van der Waals surface area contributed by atoms with Crippen LogP contribution in [0, 0.1) is 6.92 Å². The Balaban J connectivity index is 2.15. The molecule has 2 N–H and O–H groups in total. The van der Waals surface area contributed by atoms with E-state index in [0.29, 0.717) is 12.5 Å². The zero-order valence-electron chi connectivity index (χ0n) is 10.2. The van der Waals surface area contributed by atoms with Crippen molar-refractivity contribution >= 4 is 5.65 Å². The van der Waals surface area contributed by atoms with Crippen LogP contribution in [0.3, 0.4) is 0 Å². The minimum atomic E-state index is 0.493. The van der Waals surface area contributed by atoms with Crippen LogP contribution in [0.15, 0.2) is 12.3 Å². The highest BCUT2D eigenvalue weighted by Crippen LogP contribution is 2.35. The van der Waals surface area contributed by atoms with E-state index in [0.717, 1.165) is 17.0 Å². The second kappa shape index (κ2) is 4.11. The summed E-state index contributed by atoms with van der Waals surface area (Å²) in [5, 5.41) is 4.45. The molecule has 0 atom stereocenters. The lowest BCUT2D eigenvalue weighted by Crippen LogP contribution is -2.05. The number of hydrogen-bond acceptors (Lipinski definition) is 3. The molecule has 4 nitrogen and oxygen atoms in total. The van der Waals surface area contributed by atoms with Crippen molar-refractivity contribution < 1.29 is 0 Å². The standard InChI is InChI=1S/C13H18N4/c1-9-6-11(7-14)16-13-12(8-15-17(9)13)10-4-2-3-5-10/h6,8,10H,2-5,7,14H2,1H3. The van der Waals surface area contributed by atoms with E-state index in [2.05, 4.69) is 17.0 Å². The Morgan fingerprint density at radius 1 is 1.41 bits per heavy atom. The highest BCUT2D eigenvalue weighted by Gasteiger charge is 2.22. The van der Waals surface area contributed by atoms with Gasteiger partial charge in [-0.25, -0.2) is 9.50 Å². The molecule has 90 valence electrons. The first-order valence-electron chi connectivity index (χ1n) is 6.34. The first-order valence-corrected chi connectivity index (χ1v) is 6.34. The molecule has 0 aromatic carbocycles. The van der Waals surface area contributed by atoms with Gasteiger partial charge in [0.2, 0.25) is 0 Å². The number of aromatic nitrogens is 3. The van der Waals surface area contributed by atoms with Crippen LogP contribution in [0.2, 0.25) is 0 Å². The fraction of sp³-hybridized carbons (Fsp3) is 0.538. The fourth-order valence-electron chi connectivity index (χ4n) is 2.82. The Bertz CT molecular complexity index is 538. The van der Waals surface area contributed by atoms with Crippen molar-refractivity contribution in [3.63, 3.8) is 0 Å². The predicted octanol–water partition coefficient (Wildman–Crippen LogP) is 2.15. The lowest BCUT2D eigenvalue weighted by atomic mass is 10.0. The molecule has 17 heavy (non-hydrogen) atoms. The Morgan fingerprint density at radius 3 is 2.88 bits per heavy atom. The maximum atomic E-state index is 5.69. The average molecular weight is 230 g/mol. The fourth-order valence-corrected chi connectivity index (χ4v) is 2.82. The predicted molar refractivity (Wildman–Crippen MR) is 66.8 cm³/mol. The molecule has 0 aliphatic heterocycles. The van der Waals surface area contributed by atoms with Gasteiger partial charge in [-0.3, -0.25) is 0 Å². The molecule has 2 aromatic rings. The third kappa shape index (κ3) is 1.72. The quantitative estimate of drug-likeness (QED) is 0.860. The van der Waals surface area contributed by atoms with E-state index in [-0.39, 0.29) is 0 Å². The molecule has 0 radical (unpaired) electrons. The van der Waals surface area contributed by atoms with Gasteiger partial charge in [0.15, 0.2) is 5.65 Å². The van der Waals surface area contributed by atoms with Crippen molar-refractivity contribution in [2.75, 3.05) is 0 Å². The summed E-state index contributed by atoms with van der Waals surface area (Å²) < 4.78 is 1.94. The highest BCUT2D eigenvalue weighted by molar-refractivity contribution is 5.50. The molecular weight excluding hydrogens is 212 g/mol. The minimum Gasteiger partial charge on any atom is -0.325 e. The van der Waals surface area contributed by atoms with Gasteiger partial charge in [-0.1, -0.05) is 12.8 Å². The van der Waals surface area contributed by atoms with Gasteiger partial charge in [-0.2, -0.15) is 5.10 Å². The van der Waals surface area contributed by atoms with Crippen LogP contribution in [0.1, 0.15) is 48.6 Å². The molecule has 1 aliphatic rings. The zero-order valence-corrected chi connectivity index (χ0v) is 10.2. The molecule has 1 saturated carbocycles. The van der Waals surface area contributed by atoms with Gasteiger partial charge in [0.05, 0.1) is 11.9 Å². The molecule has 0 bridgehead atoms. The summed E-state index contributed by atoms with van der Waals surface area (Å²) in [7, 11) is 0. The van der Waals surface area contributed by atoms with E-state index in [1.807, 2.05) is 16.8 Å². The summed E-state index contributed by atoms with van der Waals surface area (Å²) in [5.74, 6) is 0.646. The molecule has 0 saturated heterocycles. The molecule has 1 fully saturated rings. The summed E-state index contributed by atoms with van der Waals surface area (Å²) >= 11 is 0. The first-order chi connectivity index (χ1) is 8.29. The molecule has 2 aromatic heterocycles. The molecule has 1 aliphatic carbocycles. The van der Waals surface area contributed by atoms with Crippen molar-refractivity contribution in [1.82, 2.24) is 14.6 Å².